The van der Waals surface area contributed by atoms with Crippen LogP contribution in [0.25, 0.3) is 0 Å². The third kappa shape index (κ3) is 2.25. The lowest BCUT2D eigenvalue weighted by molar-refractivity contribution is 0.490. The van der Waals surface area contributed by atoms with Crippen molar-refractivity contribution in [2.24, 2.45) is 0 Å². The maximum Gasteiger partial charge on any atom is 0.153 e. The van der Waals surface area contributed by atoms with Gasteiger partial charge in [0.2, 0.25) is 0 Å². The fourth-order valence-corrected chi connectivity index (χ4v) is 1.24. The molecule has 0 amide bonds. The fourth-order valence-electron chi connectivity index (χ4n) is 1.24. The van der Waals surface area contributed by atoms with Crippen LogP contribution in [0.5, 0.6) is 0 Å². The van der Waals surface area contributed by atoms with Crippen molar-refractivity contribution in [3.63, 3.8) is 0 Å². The molecule has 2 aromatic rings. The topological polar surface area (TPSA) is 77.0 Å². The first kappa shape index (κ1) is 9.51. The van der Waals surface area contributed by atoms with Gasteiger partial charge in [-0.2, -0.15) is 0 Å². The van der Waals surface area contributed by atoms with Gasteiger partial charge in [-0.05, 0) is 19.1 Å². The van der Waals surface area contributed by atoms with E-state index >= 15 is 0 Å². The van der Waals surface area contributed by atoms with E-state index in [2.05, 4.69) is 15.3 Å². The number of furan rings is 1. The molecule has 0 saturated heterocycles. The minimum atomic E-state index is 0.528. The minimum Gasteiger partial charge on any atom is -0.465 e. The van der Waals surface area contributed by atoms with Gasteiger partial charge >= 0.3 is 0 Å². The van der Waals surface area contributed by atoms with E-state index in [-0.39, 0.29) is 0 Å². The van der Waals surface area contributed by atoms with Crippen LogP contribution in [-0.4, -0.2) is 9.97 Å². The van der Waals surface area contributed by atoms with Gasteiger partial charge in [0.05, 0.1) is 18.4 Å². The Balaban J connectivity index is 2.02. The van der Waals surface area contributed by atoms with Gasteiger partial charge in [0.15, 0.2) is 5.82 Å². The normalized spacial score (nSPS) is 10.2. The van der Waals surface area contributed by atoms with Crippen LogP contribution in [-0.2, 0) is 6.54 Å². The standard InChI is InChI=1S/C10H12N4O/c1-7-2-3-8(15-7)4-13-10-9(11)5-12-6-14-10/h2-3,5-6H,4,11H2,1H3,(H,12,13,14). The number of hydrogen-bond donors (Lipinski definition) is 2. The molecular weight excluding hydrogens is 192 g/mol. The Kier molecular flexibility index (Phi) is 2.53. The van der Waals surface area contributed by atoms with Gasteiger partial charge in [-0.1, -0.05) is 0 Å². The second kappa shape index (κ2) is 4.00. The zero-order valence-electron chi connectivity index (χ0n) is 8.40. The molecule has 78 valence electrons. The second-order valence-electron chi connectivity index (χ2n) is 3.19. The van der Waals surface area contributed by atoms with Crippen molar-refractivity contribution in [3.8, 4) is 0 Å². The molecule has 0 aliphatic heterocycles. The number of aromatic nitrogens is 2. The summed E-state index contributed by atoms with van der Waals surface area (Å²) < 4.78 is 5.40. The van der Waals surface area contributed by atoms with E-state index in [1.807, 2.05) is 19.1 Å². The molecule has 2 rings (SSSR count). The van der Waals surface area contributed by atoms with Crippen molar-refractivity contribution >= 4 is 11.5 Å². The Hall–Kier alpha value is -2.04. The van der Waals surface area contributed by atoms with Gasteiger partial charge in [0, 0.05) is 0 Å². The van der Waals surface area contributed by atoms with E-state index in [1.54, 1.807) is 6.20 Å². The van der Waals surface area contributed by atoms with Crippen molar-refractivity contribution < 1.29 is 4.42 Å². The van der Waals surface area contributed by atoms with Crippen LogP contribution >= 0.6 is 0 Å². The van der Waals surface area contributed by atoms with Crippen molar-refractivity contribution in [1.82, 2.24) is 9.97 Å². The Labute approximate surface area is 87.3 Å². The summed E-state index contributed by atoms with van der Waals surface area (Å²) in [5.41, 5.74) is 6.20. The molecule has 0 radical (unpaired) electrons. The second-order valence-corrected chi connectivity index (χ2v) is 3.19. The number of anilines is 2. The predicted octanol–water partition coefficient (Wildman–Crippen LogP) is 1.57. The van der Waals surface area contributed by atoms with Gasteiger partial charge in [0.1, 0.15) is 17.8 Å². The first-order valence-electron chi connectivity index (χ1n) is 4.60. The van der Waals surface area contributed by atoms with Gasteiger partial charge in [-0.3, -0.25) is 0 Å². The molecule has 0 unspecified atom stereocenters. The zero-order valence-corrected chi connectivity index (χ0v) is 8.40. The molecule has 0 atom stereocenters. The van der Waals surface area contributed by atoms with Gasteiger partial charge in [0.25, 0.3) is 0 Å². The maximum atomic E-state index is 5.67. The SMILES string of the molecule is Cc1ccc(CNc2ncncc2N)o1. The Morgan fingerprint density at radius 3 is 3.00 bits per heavy atom. The van der Waals surface area contributed by atoms with E-state index in [9.17, 15) is 0 Å². The summed E-state index contributed by atoms with van der Waals surface area (Å²) in [6, 6.07) is 3.83. The highest BCUT2D eigenvalue weighted by Crippen LogP contribution is 2.14. The van der Waals surface area contributed by atoms with Crippen LogP contribution in [0.1, 0.15) is 11.5 Å². The quantitative estimate of drug-likeness (QED) is 0.793. The summed E-state index contributed by atoms with van der Waals surface area (Å²) in [5.74, 6) is 2.37. The summed E-state index contributed by atoms with van der Waals surface area (Å²) in [4.78, 5) is 7.82. The molecule has 0 aliphatic rings. The van der Waals surface area contributed by atoms with Crippen LogP contribution in [0.2, 0.25) is 0 Å². The number of nitrogens with one attached hydrogen (secondary N) is 1. The number of nitrogen functional groups attached to an aromatic ring is 1. The van der Waals surface area contributed by atoms with E-state index in [0.717, 1.165) is 11.5 Å². The van der Waals surface area contributed by atoms with Crippen molar-refractivity contribution in [1.29, 1.82) is 0 Å². The summed E-state index contributed by atoms with van der Waals surface area (Å²) in [6.07, 6.45) is 3.01. The number of aryl methyl sites for hydroxylation is 1. The molecule has 0 bridgehead atoms. The molecule has 0 fully saturated rings. The molecule has 0 saturated carbocycles. The summed E-state index contributed by atoms with van der Waals surface area (Å²) in [6.45, 7) is 2.47. The van der Waals surface area contributed by atoms with Crippen LogP contribution in [0.4, 0.5) is 11.5 Å². The molecule has 5 nitrogen and oxygen atoms in total. The van der Waals surface area contributed by atoms with Crippen LogP contribution < -0.4 is 11.1 Å². The smallest absolute Gasteiger partial charge is 0.153 e. The highest BCUT2D eigenvalue weighted by atomic mass is 16.3. The van der Waals surface area contributed by atoms with Gasteiger partial charge in [-0.25, -0.2) is 9.97 Å². The van der Waals surface area contributed by atoms with Crippen LogP contribution in [0.15, 0.2) is 29.1 Å². The Morgan fingerprint density at radius 1 is 1.47 bits per heavy atom. The first-order valence-corrected chi connectivity index (χ1v) is 4.60. The van der Waals surface area contributed by atoms with E-state index in [1.165, 1.54) is 6.33 Å². The molecular formula is C10H12N4O. The summed E-state index contributed by atoms with van der Waals surface area (Å²) in [7, 11) is 0. The van der Waals surface area contributed by atoms with Gasteiger partial charge in [-0.15, -0.1) is 0 Å². The Bertz CT molecular complexity index is 452. The molecule has 2 heterocycles. The zero-order chi connectivity index (χ0) is 10.7. The summed E-state index contributed by atoms with van der Waals surface area (Å²) >= 11 is 0. The lowest BCUT2D eigenvalue weighted by atomic mass is 10.4. The first-order chi connectivity index (χ1) is 7.25. The third-order valence-corrected chi connectivity index (χ3v) is 1.97. The average molecular weight is 204 g/mol. The van der Waals surface area contributed by atoms with Crippen LogP contribution in [0.3, 0.4) is 0 Å². The van der Waals surface area contributed by atoms with Crippen molar-refractivity contribution in [3.05, 3.63) is 36.2 Å². The predicted molar refractivity (Wildman–Crippen MR) is 57.2 cm³/mol. The van der Waals surface area contributed by atoms with Gasteiger partial charge < -0.3 is 15.5 Å². The molecule has 15 heavy (non-hydrogen) atoms. The average Bonchev–Trinajstić information content (AvgIpc) is 2.63. The minimum absolute atomic E-state index is 0.528. The lowest BCUT2D eigenvalue weighted by Gasteiger charge is -2.04. The fraction of sp³-hybridized carbons (Fsp3) is 0.200. The van der Waals surface area contributed by atoms with E-state index in [0.29, 0.717) is 18.1 Å². The number of hydrogen-bond acceptors (Lipinski definition) is 5. The van der Waals surface area contributed by atoms with Crippen molar-refractivity contribution in [2.75, 3.05) is 11.1 Å². The molecule has 0 aliphatic carbocycles. The number of rotatable bonds is 3. The maximum absolute atomic E-state index is 5.67. The molecule has 0 aromatic carbocycles. The largest absolute Gasteiger partial charge is 0.465 e. The molecule has 0 spiro atoms. The molecule has 2 aromatic heterocycles. The highest BCUT2D eigenvalue weighted by Gasteiger charge is 2.01. The molecule has 5 heteroatoms. The monoisotopic (exact) mass is 204 g/mol. The van der Waals surface area contributed by atoms with E-state index < -0.39 is 0 Å². The van der Waals surface area contributed by atoms with Crippen LogP contribution in [0, 0.1) is 6.92 Å². The summed E-state index contributed by atoms with van der Waals surface area (Å²) in [5, 5.41) is 3.07. The number of nitrogens with two attached hydrogens (primary N) is 1. The lowest BCUT2D eigenvalue weighted by Crippen LogP contribution is -2.04. The molecule has 3 N–H and O–H groups in total. The third-order valence-electron chi connectivity index (χ3n) is 1.97. The van der Waals surface area contributed by atoms with Crippen molar-refractivity contribution in [2.45, 2.75) is 13.5 Å². The number of nitrogens with zero attached hydrogens (tertiary/aromatic N) is 2. The Morgan fingerprint density at radius 2 is 2.33 bits per heavy atom. The highest BCUT2D eigenvalue weighted by molar-refractivity contribution is 5.58. The van der Waals surface area contributed by atoms with E-state index in [4.69, 9.17) is 10.2 Å².